The lowest BCUT2D eigenvalue weighted by molar-refractivity contribution is 0.575. The van der Waals surface area contributed by atoms with E-state index in [4.69, 9.17) is 0 Å². The predicted molar refractivity (Wildman–Crippen MR) is 62.8 cm³/mol. The van der Waals surface area contributed by atoms with E-state index in [2.05, 4.69) is 30.4 Å². The maximum Gasteiger partial charge on any atom is 0.299 e. The number of pyridine rings is 1. The van der Waals surface area contributed by atoms with Crippen molar-refractivity contribution in [2.45, 2.75) is 19.9 Å². The summed E-state index contributed by atoms with van der Waals surface area (Å²) in [4.78, 5) is 3.90. The number of hydrogen-bond acceptors (Lipinski definition) is 3. The van der Waals surface area contributed by atoms with Gasteiger partial charge in [0.1, 0.15) is 4.60 Å². The Balaban J connectivity index is 2.83. The van der Waals surface area contributed by atoms with Gasteiger partial charge < -0.3 is 0 Å². The first kappa shape index (κ1) is 12.4. The number of anilines is 1. The maximum atomic E-state index is 11.5. The number of halogens is 1. The van der Waals surface area contributed by atoms with Crippen molar-refractivity contribution in [3.63, 3.8) is 0 Å². The van der Waals surface area contributed by atoms with Crippen molar-refractivity contribution in [3.05, 3.63) is 22.9 Å². The van der Waals surface area contributed by atoms with E-state index in [0.29, 0.717) is 10.3 Å². The molecule has 0 aromatic carbocycles. The summed E-state index contributed by atoms with van der Waals surface area (Å²) in [5, 5.41) is 0. The molecule has 0 aliphatic carbocycles. The van der Waals surface area contributed by atoms with Crippen molar-refractivity contribution in [3.8, 4) is 0 Å². The molecule has 0 atom stereocenters. The molecule has 1 rings (SSSR count). The van der Waals surface area contributed by atoms with E-state index in [-0.39, 0.29) is 6.04 Å². The van der Waals surface area contributed by atoms with Gasteiger partial charge >= 0.3 is 0 Å². The van der Waals surface area contributed by atoms with Gasteiger partial charge in [-0.25, -0.2) is 4.98 Å². The average molecular weight is 294 g/mol. The molecular formula is C8H12BrN3O2S. The van der Waals surface area contributed by atoms with Crippen LogP contribution in [0.15, 0.2) is 22.9 Å². The Morgan fingerprint density at radius 1 is 1.47 bits per heavy atom. The highest BCUT2D eigenvalue weighted by molar-refractivity contribution is 9.10. The number of nitrogens with one attached hydrogen (secondary N) is 2. The maximum absolute atomic E-state index is 11.5. The summed E-state index contributed by atoms with van der Waals surface area (Å²) < 4.78 is 28.2. The second-order valence-electron chi connectivity index (χ2n) is 3.22. The van der Waals surface area contributed by atoms with Crippen LogP contribution in [0.2, 0.25) is 0 Å². The molecule has 2 N–H and O–H groups in total. The van der Waals surface area contributed by atoms with Crippen LogP contribution in [0, 0.1) is 0 Å². The Kier molecular flexibility index (Phi) is 4.06. The number of aromatic nitrogens is 1. The molecule has 0 spiro atoms. The SMILES string of the molecule is CC(C)NS(=O)(=O)Nc1cccnc1Br. The molecule has 0 saturated carbocycles. The van der Waals surface area contributed by atoms with E-state index in [1.807, 2.05) is 0 Å². The molecule has 0 unspecified atom stereocenters. The third-order valence-electron chi connectivity index (χ3n) is 1.39. The standard InChI is InChI=1S/C8H12BrN3O2S/c1-6(2)11-15(13,14)12-7-4-3-5-10-8(7)9/h3-6,11-12H,1-2H3. The molecule has 0 bridgehead atoms. The van der Waals surface area contributed by atoms with E-state index >= 15 is 0 Å². The summed E-state index contributed by atoms with van der Waals surface area (Å²) in [7, 11) is -3.53. The fourth-order valence-electron chi connectivity index (χ4n) is 0.947. The van der Waals surface area contributed by atoms with Gasteiger partial charge in [0.05, 0.1) is 5.69 Å². The average Bonchev–Trinajstić information content (AvgIpc) is 2.06. The second-order valence-corrected chi connectivity index (χ2v) is 5.42. The third-order valence-corrected chi connectivity index (χ3v) is 3.30. The monoisotopic (exact) mass is 293 g/mol. The third kappa shape index (κ3) is 4.15. The molecule has 84 valence electrons. The topological polar surface area (TPSA) is 71.1 Å². The van der Waals surface area contributed by atoms with Crippen molar-refractivity contribution in [2.75, 3.05) is 4.72 Å². The van der Waals surface area contributed by atoms with Crippen molar-refractivity contribution in [1.82, 2.24) is 9.71 Å². The lowest BCUT2D eigenvalue weighted by atomic mass is 10.4. The lowest BCUT2D eigenvalue weighted by Crippen LogP contribution is -2.35. The van der Waals surface area contributed by atoms with Crippen LogP contribution in [0.4, 0.5) is 5.69 Å². The van der Waals surface area contributed by atoms with Crippen LogP contribution in [0.1, 0.15) is 13.8 Å². The summed E-state index contributed by atoms with van der Waals surface area (Å²) in [6, 6.07) is 3.12. The van der Waals surface area contributed by atoms with Crippen molar-refractivity contribution >= 4 is 31.8 Å². The van der Waals surface area contributed by atoms with Gasteiger partial charge in [-0.2, -0.15) is 13.1 Å². The normalized spacial score (nSPS) is 11.7. The molecule has 15 heavy (non-hydrogen) atoms. The number of hydrogen-bond donors (Lipinski definition) is 2. The van der Waals surface area contributed by atoms with Gasteiger partial charge in [-0.1, -0.05) is 0 Å². The Hall–Kier alpha value is -0.660. The van der Waals surface area contributed by atoms with E-state index in [1.165, 1.54) is 0 Å². The zero-order chi connectivity index (χ0) is 11.5. The molecule has 5 nitrogen and oxygen atoms in total. The van der Waals surface area contributed by atoms with Crippen LogP contribution in [-0.2, 0) is 10.2 Å². The minimum Gasteiger partial charge on any atom is -0.268 e. The van der Waals surface area contributed by atoms with Crippen molar-refractivity contribution in [2.24, 2.45) is 0 Å². The number of nitrogens with zero attached hydrogens (tertiary/aromatic N) is 1. The fraction of sp³-hybridized carbons (Fsp3) is 0.375. The molecule has 1 aromatic heterocycles. The zero-order valence-electron chi connectivity index (χ0n) is 8.36. The molecule has 0 aliphatic heterocycles. The summed E-state index contributed by atoms with van der Waals surface area (Å²) in [5.41, 5.74) is 0.408. The highest BCUT2D eigenvalue weighted by Gasteiger charge is 2.12. The van der Waals surface area contributed by atoms with Crippen LogP contribution in [-0.4, -0.2) is 19.4 Å². The van der Waals surface area contributed by atoms with Crippen LogP contribution in [0.5, 0.6) is 0 Å². The van der Waals surface area contributed by atoms with Crippen LogP contribution < -0.4 is 9.44 Å². The predicted octanol–water partition coefficient (Wildman–Crippen LogP) is 1.50. The Labute approximate surface area is 97.6 Å². The molecule has 1 heterocycles. The minimum atomic E-state index is -3.53. The van der Waals surface area contributed by atoms with Gasteiger partial charge in [0.25, 0.3) is 10.2 Å². The molecule has 0 saturated heterocycles. The van der Waals surface area contributed by atoms with Gasteiger partial charge in [0.2, 0.25) is 0 Å². The quantitative estimate of drug-likeness (QED) is 0.827. The molecular weight excluding hydrogens is 282 g/mol. The Morgan fingerprint density at radius 3 is 2.67 bits per heavy atom. The number of rotatable bonds is 4. The van der Waals surface area contributed by atoms with Crippen LogP contribution in [0.3, 0.4) is 0 Å². The second kappa shape index (κ2) is 4.91. The Morgan fingerprint density at radius 2 is 2.13 bits per heavy atom. The van der Waals surface area contributed by atoms with Gasteiger partial charge in [-0.3, -0.25) is 4.72 Å². The van der Waals surface area contributed by atoms with Gasteiger partial charge in [-0.15, -0.1) is 0 Å². The van der Waals surface area contributed by atoms with E-state index in [1.54, 1.807) is 32.2 Å². The highest BCUT2D eigenvalue weighted by Crippen LogP contribution is 2.18. The van der Waals surface area contributed by atoms with Crippen molar-refractivity contribution in [1.29, 1.82) is 0 Å². The van der Waals surface area contributed by atoms with Gasteiger partial charge in [-0.05, 0) is 41.9 Å². The molecule has 0 aliphatic rings. The Bertz CT molecular complexity index is 433. The van der Waals surface area contributed by atoms with Crippen LogP contribution in [0.25, 0.3) is 0 Å². The van der Waals surface area contributed by atoms with Gasteiger partial charge in [0, 0.05) is 12.2 Å². The zero-order valence-corrected chi connectivity index (χ0v) is 10.8. The molecule has 7 heteroatoms. The van der Waals surface area contributed by atoms with Crippen molar-refractivity contribution < 1.29 is 8.42 Å². The largest absolute Gasteiger partial charge is 0.299 e. The fourth-order valence-corrected chi connectivity index (χ4v) is 2.56. The first-order valence-electron chi connectivity index (χ1n) is 4.31. The summed E-state index contributed by atoms with van der Waals surface area (Å²) >= 11 is 3.15. The first-order valence-corrected chi connectivity index (χ1v) is 6.59. The summed E-state index contributed by atoms with van der Waals surface area (Å²) in [6.45, 7) is 3.50. The summed E-state index contributed by atoms with van der Waals surface area (Å²) in [6.07, 6.45) is 1.57. The minimum absolute atomic E-state index is 0.155. The molecule has 0 radical (unpaired) electrons. The van der Waals surface area contributed by atoms with Crippen LogP contribution >= 0.6 is 15.9 Å². The first-order chi connectivity index (χ1) is 6.91. The molecule has 0 amide bonds. The summed E-state index contributed by atoms with van der Waals surface area (Å²) in [5.74, 6) is 0. The van der Waals surface area contributed by atoms with E-state index in [0.717, 1.165) is 0 Å². The van der Waals surface area contributed by atoms with E-state index < -0.39 is 10.2 Å². The molecule has 1 aromatic rings. The van der Waals surface area contributed by atoms with E-state index in [9.17, 15) is 8.42 Å². The lowest BCUT2D eigenvalue weighted by Gasteiger charge is -2.11. The smallest absolute Gasteiger partial charge is 0.268 e. The molecule has 0 fully saturated rings. The van der Waals surface area contributed by atoms with Gasteiger partial charge in [0.15, 0.2) is 0 Å². The highest BCUT2D eigenvalue weighted by atomic mass is 79.9.